The number of anilines is 1. The molecular formula is C16H18N6OS. The molecule has 7 nitrogen and oxygen atoms in total. The van der Waals surface area contributed by atoms with E-state index >= 15 is 0 Å². The SMILES string of the molecule is Cc1nc(NC(=O)NCc2cncc(-c3cnn(C)c3)c2)sc1C. The molecule has 3 aromatic rings. The second-order valence-corrected chi connectivity index (χ2v) is 6.66. The number of nitrogens with zero attached hydrogens (tertiary/aromatic N) is 4. The molecule has 0 saturated carbocycles. The zero-order chi connectivity index (χ0) is 17.1. The van der Waals surface area contributed by atoms with Gasteiger partial charge in [0.2, 0.25) is 0 Å². The molecule has 0 radical (unpaired) electrons. The maximum atomic E-state index is 12.0. The molecule has 0 spiro atoms. The molecule has 3 heterocycles. The van der Waals surface area contributed by atoms with Gasteiger partial charge in [-0.2, -0.15) is 5.10 Å². The highest BCUT2D eigenvalue weighted by Gasteiger charge is 2.08. The van der Waals surface area contributed by atoms with Crippen molar-refractivity contribution in [2.24, 2.45) is 7.05 Å². The van der Waals surface area contributed by atoms with Gasteiger partial charge in [-0.3, -0.25) is 15.0 Å². The van der Waals surface area contributed by atoms with Crippen LogP contribution in [0, 0.1) is 13.8 Å². The number of aryl methyl sites for hydroxylation is 3. The third kappa shape index (κ3) is 3.77. The van der Waals surface area contributed by atoms with Crippen molar-refractivity contribution in [2.75, 3.05) is 5.32 Å². The Morgan fingerprint density at radius 2 is 2.08 bits per heavy atom. The molecule has 0 atom stereocenters. The number of aromatic nitrogens is 4. The molecule has 0 aliphatic heterocycles. The van der Waals surface area contributed by atoms with Gasteiger partial charge in [0.1, 0.15) is 0 Å². The third-order valence-corrected chi connectivity index (χ3v) is 4.52. The maximum Gasteiger partial charge on any atom is 0.321 e. The topological polar surface area (TPSA) is 84.7 Å². The summed E-state index contributed by atoms with van der Waals surface area (Å²) in [5, 5.41) is 10.3. The first-order valence-corrected chi connectivity index (χ1v) is 8.25. The van der Waals surface area contributed by atoms with E-state index in [-0.39, 0.29) is 6.03 Å². The van der Waals surface area contributed by atoms with E-state index in [9.17, 15) is 4.79 Å². The number of carbonyl (C=O) groups is 1. The molecule has 3 aromatic heterocycles. The molecule has 0 fully saturated rings. The summed E-state index contributed by atoms with van der Waals surface area (Å²) in [5.74, 6) is 0. The summed E-state index contributed by atoms with van der Waals surface area (Å²) in [7, 11) is 1.87. The van der Waals surface area contributed by atoms with E-state index in [1.807, 2.05) is 33.2 Å². The minimum absolute atomic E-state index is 0.282. The smallest absolute Gasteiger partial charge is 0.321 e. The Kier molecular flexibility index (Phi) is 4.57. The van der Waals surface area contributed by atoms with Crippen LogP contribution in [0.1, 0.15) is 16.1 Å². The Labute approximate surface area is 143 Å². The highest BCUT2D eigenvalue weighted by atomic mass is 32.1. The molecule has 0 aliphatic rings. The highest BCUT2D eigenvalue weighted by molar-refractivity contribution is 7.15. The van der Waals surface area contributed by atoms with Crippen molar-refractivity contribution in [3.05, 3.63) is 47.0 Å². The number of rotatable bonds is 4. The zero-order valence-electron chi connectivity index (χ0n) is 13.7. The molecule has 0 unspecified atom stereocenters. The van der Waals surface area contributed by atoms with E-state index in [1.54, 1.807) is 23.3 Å². The average molecular weight is 342 g/mol. The zero-order valence-corrected chi connectivity index (χ0v) is 14.5. The van der Waals surface area contributed by atoms with Crippen LogP contribution in [0.15, 0.2) is 30.9 Å². The van der Waals surface area contributed by atoms with Crippen molar-refractivity contribution in [1.29, 1.82) is 0 Å². The molecule has 8 heteroatoms. The lowest BCUT2D eigenvalue weighted by atomic mass is 10.1. The van der Waals surface area contributed by atoms with Gasteiger partial charge in [0.25, 0.3) is 0 Å². The molecule has 0 bridgehead atoms. The third-order valence-electron chi connectivity index (χ3n) is 3.54. The van der Waals surface area contributed by atoms with Crippen molar-refractivity contribution < 1.29 is 4.79 Å². The molecule has 0 aliphatic carbocycles. The second kappa shape index (κ2) is 6.79. The number of nitrogens with one attached hydrogen (secondary N) is 2. The van der Waals surface area contributed by atoms with Crippen LogP contribution in [0.2, 0.25) is 0 Å². The van der Waals surface area contributed by atoms with E-state index in [2.05, 4.69) is 25.7 Å². The summed E-state index contributed by atoms with van der Waals surface area (Å²) in [6.45, 7) is 4.28. The Bertz CT molecular complexity index is 850. The first kappa shape index (κ1) is 16.1. The molecule has 0 saturated heterocycles. The number of hydrogen-bond donors (Lipinski definition) is 2. The number of amides is 2. The monoisotopic (exact) mass is 342 g/mol. The number of urea groups is 1. The number of carbonyl (C=O) groups excluding carboxylic acids is 1. The van der Waals surface area contributed by atoms with Gasteiger partial charge in [0.05, 0.1) is 11.9 Å². The summed E-state index contributed by atoms with van der Waals surface area (Å²) >= 11 is 1.46. The molecule has 124 valence electrons. The summed E-state index contributed by atoms with van der Waals surface area (Å²) in [6.07, 6.45) is 7.22. The summed E-state index contributed by atoms with van der Waals surface area (Å²) in [6, 6.07) is 1.71. The van der Waals surface area contributed by atoms with E-state index in [1.165, 1.54) is 11.3 Å². The minimum Gasteiger partial charge on any atom is -0.334 e. The Morgan fingerprint density at radius 3 is 2.75 bits per heavy atom. The number of pyridine rings is 1. The van der Waals surface area contributed by atoms with Crippen LogP contribution in [0.25, 0.3) is 11.1 Å². The summed E-state index contributed by atoms with van der Waals surface area (Å²) in [5.41, 5.74) is 3.81. The number of thiazole rings is 1. The van der Waals surface area contributed by atoms with Gasteiger partial charge < -0.3 is 5.32 Å². The first-order valence-electron chi connectivity index (χ1n) is 7.43. The van der Waals surface area contributed by atoms with Crippen LogP contribution < -0.4 is 10.6 Å². The molecule has 2 amide bonds. The van der Waals surface area contributed by atoms with Crippen LogP contribution in [0.5, 0.6) is 0 Å². The molecular weight excluding hydrogens is 324 g/mol. The summed E-state index contributed by atoms with van der Waals surface area (Å²) < 4.78 is 1.74. The van der Waals surface area contributed by atoms with Gasteiger partial charge in [-0.1, -0.05) is 0 Å². The predicted octanol–water partition coefficient (Wildman–Crippen LogP) is 2.88. The molecule has 0 aromatic carbocycles. The Hall–Kier alpha value is -2.74. The molecule has 24 heavy (non-hydrogen) atoms. The minimum atomic E-state index is -0.282. The summed E-state index contributed by atoms with van der Waals surface area (Å²) in [4.78, 5) is 21.6. The normalized spacial score (nSPS) is 10.6. The fourth-order valence-electron chi connectivity index (χ4n) is 2.16. The van der Waals surface area contributed by atoms with E-state index < -0.39 is 0 Å². The van der Waals surface area contributed by atoms with E-state index in [0.717, 1.165) is 27.3 Å². The van der Waals surface area contributed by atoms with Gasteiger partial charge >= 0.3 is 6.03 Å². The lowest BCUT2D eigenvalue weighted by molar-refractivity contribution is 0.251. The fourth-order valence-corrected chi connectivity index (χ4v) is 2.97. The van der Waals surface area contributed by atoms with Crippen LogP contribution in [-0.2, 0) is 13.6 Å². The second-order valence-electron chi connectivity index (χ2n) is 5.45. The van der Waals surface area contributed by atoms with Gasteiger partial charge in [-0.25, -0.2) is 9.78 Å². The molecule has 2 N–H and O–H groups in total. The van der Waals surface area contributed by atoms with Gasteiger partial charge in [0.15, 0.2) is 5.13 Å². The Morgan fingerprint density at radius 1 is 1.25 bits per heavy atom. The maximum absolute atomic E-state index is 12.0. The van der Waals surface area contributed by atoms with Gasteiger partial charge in [0, 0.05) is 48.2 Å². The van der Waals surface area contributed by atoms with Gasteiger partial charge in [-0.05, 0) is 25.5 Å². The molecule has 3 rings (SSSR count). The lowest BCUT2D eigenvalue weighted by Crippen LogP contribution is -2.28. The largest absolute Gasteiger partial charge is 0.334 e. The average Bonchev–Trinajstić information content (AvgIpc) is 3.12. The van der Waals surface area contributed by atoms with E-state index in [0.29, 0.717) is 11.7 Å². The quantitative estimate of drug-likeness (QED) is 0.763. The van der Waals surface area contributed by atoms with Crippen LogP contribution >= 0.6 is 11.3 Å². The van der Waals surface area contributed by atoms with Crippen LogP contribution in [0.3, 0.4) is 0 Å². The first-order chi connectivity index (χ1) is 11.5. The van der Waals surface area contributed by atoms with E-state index in [4.69, 9.17) is 0 Å². The highest BCUT2D eigenvalue weighted by Crippen LogP contribution is 2.21. The lowest BCUT2D eigenvalue weighted by Gasteiger charge is -2.06. The predicted molar refractivity (Wildman–Crippen MR) is 93.9 cm³/mol. The number of hydrogen-bond acceptors (Lipinski definition) is 5. The van der Waals surface area contributed by atoms with Crippen molar-refractivity contribution in [2.45, 2.75) is 20.4 Å². The Balaban J connectivity index is 1.61. The van der Waals surface area contributed by atoms with Crippen molar-refractivity contribution in [3.63, 3.8) is 0 Å². The van der Waals surface area contributed by atoms with Crippen molar-refractivity contribution in [1.82, 2.24) is 25.1 Å². The van der Waals surface area contributed by atoms with Crippen LogP contribution in [-0.4, -0.2) is 25.8 Å². The van der Waals surface area contributed by atoms with Crippen LogP contribution in [0.4, 0.5) is 9.93 Å². The van der Waals surface area contributed by atoms with Crippen molar-refractivity contribution in [3.8, 4) is 11.1 Å². The standard InChI is InChI=1S/C16H18N6OS/c1-10-11(2)24-16(20-10)21-15(23)18-6-12-4-13(7-17-5-12)14-8-19-22(3)9-14/h4-5,7-9H,6H2,1-3H3,(H2,18,20,21,23). The van der Waals surface area contributed by atoms with Gasteiger partial charge in [-0.15, -0.1) is 11.3 Å². The van der Waals surface area contributed by atoms with Crippen molar-refractivity contribution >= 4 is 22.5 Å². The fraction of sp³-hybridized carbons (Fsp3) is 0.250.